The lowest BCUT2D eigenvalue weighted by Gasteiger charge is -2.15. The topological polar surface area (TPSA) is 46.3 Å². The third-order valence-corrected chi connectivity index (χ3v) is 2.84. The molecule has 1 aromatic rings. The smallest absolute Gasteiger partial charge is 0.231 e. The Morgan fingerprint density at radius 3 is 2.93 bits per heavy atom. The van der Waals surface area contributed by atoms with E-state index in [0.717, 1.165) is 16.8 Å². The van der Waals surface area contributed by atoms with Crippen LogP contribution in [-0.4, -0.2) is 18.2 Å². The van der Waals surface area contributed by atoms with E-state index < -0.39 is 0 Å². The molecule has 1 heterocycles. The van der Waals surface area contributed by atoms with E-state index >= 15 is 0 Å². The summed E-state index contributed by atoms with van der Waals surface area (Å²) < 4.78 is 0. The van der Waals surface area contributed by atoms with Crippen LogP contribution in [0.4, 0.5) is 5.69 Å². The highest BCUT2D eigenvalue weighted by Crippen LogP contribution is 2.29. The lowest BCUT2D eigenvalue weighted by molar-refractivity contribution is -0.117. The molecule has 0 saturated heterocycles. The van der Waals surface area contributed by atoms with Gasteiger partial charge in [0.25, 0.3) is 0 Å². The van der Waals surface area contributed by atoms with Crippen LogP contribution in [0.3, 0.4) is 0 Å². The molecule has 2 rings (SSSR count). The zero-order chi connectivity index (χ0) is 10.8. The summed E-state index contributed by atoms with van der Waals surface area (Å²) in [6.07, 6.45) is 0.497. The molecule has 0 fully saturated rings. The molecule has 4 heteroatoms. The van der Waals surface area contributed by atoms with E-state index in [9.17, 15) is 4.79 Å². The van der Waals surface area contributed by atoms with Gasteiger partial charge in [-0.05, 0) is 17.2 Å². The van der Waals surface area contributed by atoms with E-state index in [0.29, 0.717) is 25.3 Å². The van der Waals surface area contributed by atoms with Gasteiger partial charge >= 0.3 is 0 Å². The molecule has 0 aromatic heterocycles. The highest BCUT2D eigenvalue weighted by Gasteiger charge is 2.26. The molecule has 0 spiro atoms. The van der Waals surface area contributed by atoms with Crippen LogP contribution in [0.15, 0.2) is 18.2 Å². The zero-order valence-corrected chi connectivity index (χ0v) is 9.33. The number of carbonyl (C=O) groups is 1. The van der Waals surface area contributed by atoms with Crippen LogP contribution in [-0.2, 0) is 17.8 Å². The fourth-order valence-corrected chi connectivity index (χ4v) is 2.11. The van der Waals surface area contributed by atoms with E-state index in [1.807, 2.05) is 18.2 Å². The number of anilines is 1. The van der Waals surface area contributed by atoms with Gasteiger partial charge in [-0.15, -0.1) is 0 Å². The molecule has 1 amide bonds. The van der Waals surface area contributed by atoms with Crippen LogP contribution in [0.2, 0.25) is 0 Å². The molecule has 0 bridgehead atoms. The largest absolute Gasteiger partial charge is 0.326 e. The van der Waals surface area contributed by atoms with Crippen molar-refractivity contribution in [2.24, 2.45) is 5.73 Å². The van der Waals surface area contributed by atoms with Gasteiger partial charge in [0.2, 0.25) is 5.91 Å². The number of hydrogen-bond donors (Lipinski definition) is 2. The first kappa shape index (κ1) is 10.5. The normalized spacial score (nSPS) is 14.5. The van der Waals surface area contributed by atoms with E-state index in [2.05, 4.69) is 12.6 Å². The van der Waals surface area contributed by atoms with E-state index in [1.54, 1.807) is 4.90 Å². The Morgan fingerprint density at radius 2 is 2.27 bits per heavy atom. The molecule has 0 atom stereocenters. The fourth-order valence-electron chi connectivity index (χ4n) is 1.91. The van der Waals surface area contributed by atoms with Gasteiger partial charge in [-0.3, -0.25) is 4.79 Å². The van der Waals surface area contributed by atoms with Crippen molar-refractivity contribution < 1.29 is 4.79 Å². The minimum Gasteiger partial charge on any atom is -0.326 e. The molecule has 1 aliphatic rings. The van der Waals surface area contributed by atoms with Crippen LogP contribution in [0.1, 0.15) is 11.1 Å². The molecule has 0 radical (unpaired) electrons. The number of benzene rings is 1. The molecule has 1 aliphatic heterocycles. The molecule has 2 N–H and O–H groups in total. The van der Waals surface area contributed by atoms with Gasteiger partial charge in [-0.1, -0.05) is 12.1 Å². The summed E-state index contributed by atoms with van der Waals surface area (Å²) in [6, 6.07) is 5.97. The average molecular weight is 222 g/mol. The standard InChI is InChI=1S/C11H14N2OS/c12-7-8-1-2-10-9(5-8)6-11(14)13(10)3-4-15/h1-2,5,15H,3-4,6-7,12H2. The molecular weight excluding hydrogens is 208 g/mol. The highest BCUT2D eigenvalue weighted by atomic mass is 32.1. The number of thiol groups is 1. The molecule has 3 nitrogen and oxygen atoms in total. The first-order chi connectivity index (χ1) is 7.26. The van der Waals surface area contributed by atoms with Gasteiger partial charge in [0.05, 0.1) is 6.42 Å². The van der Waals surface area contributed by atoms with E-state index in [4.69, 9.17) is 5.73 Å². The third kappa shape index (κ3) is 1.87. The van der Waals surface area contributed by atoms with Crippen molar-refractivity contribution in [1.29, 1.82) is 0 Å². The second-order valence-electron chi connectivity index (χ2n) is 3.61. The van der Waals surface area contributed by atoms with E-state index in [1.165, 1.54) is 0 Å². The van der Waals surface area contributed by atoms with E-state index in [-0.39, 0.29) is 5.91 Å². The Hall–Kier alpha value is -1.00. The van der Waals surface area contributed by atoms with Crippen LogP contribution >= 0.6 is 12.6 Å². The van der Waals surface area contributed by atoms with Crippen molar-refractivity contribution in [1.82, 2.24) is 0 Å². The SMILES string of the molecule is NCc1ccc2c(c1)CC(=O)N2CCS. The minimum absolute atomic E-state index is 0.160. The lowest BCUT2D eigenvalue weighted by Crippen LogP contribution is -2.28. The number of amides is 1. The second kappa shape index (κ2) is 4.24. The monoisotopic (exact) mass is 222 g/mol. The maximum absolute atomic E-state index is 11.7. The predicted octanol–water partition coefficient (Wildman–Crippen LogP) is 0.964. The Labute approximate surface area is 94.7 Å². The molecular formula is C11H14N2OS. The molecule has 0 unspecified atom stereocenters. The van der Waals surface area contributed by atoms with Crippen LogP contribution in [0.25, 0.3) is 0 Å². The number of fused-ring (bicyclic) bond motifs is 1. The summed E-state index contributed by atoms with van der Waals surface area (Å²) in [5, 5.41) is 0. The fraction of sp³-hybridized carbons (Fsp3) is 0.364. The summed E-state index contributed by atoms with van der Waals surface area (Å²) in [6.45, 7) is 1.20. The predicted molar refractivity (Wildman–Crippen MR) is 64.2 cm³/mol. The molecule has 0 saturated carbocycles. The van der Waals surface area contributed by atoms with Crippen molar-refractivity contribution in [3.8, 4) is 0 Å². The van der Waals surface area contributed by atoms with Gasteiger partial charge in [0.15, 0.2) is 0 Å². The number of hydrogen-bond acceptors (Lipinski definition) is 3. The lowest BCUT2D eigenvalue weighted by atomic mass is 10.1. The van der Waals surface area contributed by atoms with Crippen LogP contribution in [0.5, 0.6) is 0 Å². The summed E-state index contributed by atoms with van der Waals surface area (Å²) >= 11 is 4.15. The highest BCUT2D eigenvalue weighted by molar-refractivity contribution is 7.80. The Kier molecular flexibility index (Phi) is 2.98. The summed E-state index contributed by atoms with van der Waals surface area (Å²) in [5.41, 5.74) is 8.75. The number of nitrogens with zero attached hydrogens (tertiary/aromatic N) is 1. The summed E-state index contributed by atoms with van der Waals surface area (Å²) in [7, 11) is 0. The zero-order valence-electron chi connectivity index (χ0n) is 8.44. The van der Waals surface area contributed by atoms with Gasteiger partial charge < -0.3 is 10.6 Å². The summed E-state index contributed by atoms with van der Waals surface area (Å²) in [4.78, 5) is 13.5. The number of nitrogens with two attached hydrogens (primary N) is 1. The Morgan fingerprint density at radius 1 is 1.47 bits per heavy atom. The Balaban J connectivity index is 2.34. The Bertz CT molecular complexity index is 392. The molecule has 80 valence electrons. The van der Waals surface area contributed by atoms with Gasteiger partial charge in [0.1, 0.15) is 0 Å². The van der Waals surface area contributed by atoms with Gasteiger partial charge in [-0.2, -0.15) is 12.6 Å². The van der Waals surface area contributed by atoms with Gasteiger partial charge in [-0.25, -0.2) is 0 Å². The number of rotatable bonds is 3. The first-order valence-electron chi connectivity index (χ1n) is 4.99. The summed E-state index contributed by atoms with van der Waals surface area (Å²) in [5.74, 6) is 0.845. The van der Waals surface area contributed by atoms with Crippen molar-refractivity contribution in [2.45, 2.75) is 13.0 Å². The van der Waals surface area contributed by atoms with Crippen molar-refractivity contribution in [2.75, 3.05) is 17.2 Å². The maximum Gasteiger partial charge on any atom is 0.231 e. The molecule has 0 aliphatic carbocycles. The van der Waals surface area contributed by atoms with Crippen molar-refractivity contribution >= 4 is 24.2 Å². The molecule has 15 heavy (non-hydrogen) atoms. The first-order valence-corrected chi connectivity index (χ1v) is 5.62. The maximum atomic E-state index is 11.7. The quantitative estimate of drug-likeness (QED) is 0.748. The number of carbonyl (C=O) groups excluding carboxylic acids is 1. The average Bonchev–Trinajstić information content (AvgIpc) is 2.55. The van der Waals surface area contributed by atoms with Crippen LogP contribution in [0, 0.1) is 0 Å². The van der Waals surface area contributed by atoms with Crippen molar-refractivity contribution in [3.63, 3.8) is 0 Å². The minimum atomic E-state index is 0.160. The van der Waals surface area contributed by atoms with Crippen LogP contribution < -0.4 is 10.6 Å². The van der Waals surface area contributed by atoms with Crippen molar-refractivity contribution in [3.05, 3.63) is 29.3 Å². The van der Waals surface area contributed by atoms with Gasteiger partial charge in [0, 0.05) is 24.5 Å². The second-order valence-corrected chi connectivity index (χ2v) is 4.06. The molecule has 1 aromatic carbocycles. The third-order valence-electron chi connectivity index (χ3n) is 2.64.